The number of rotatable bonds is 2. The van der Waals surface area contributed by atoms with Gasteiger partial charge in [-0.1, -0.05) is 5.16 Å². The molecule has 1 aliphatic heterocycles. The molecular formula is C12H14N4O. The molecule has 2 aromatic rings. The minimum absolute atomic E-state index is 0.0295. The fourth-order valence-electron chi connectivity index (χ4n) is 2.09. The van der Waals surface area contributed by atoms with E-state index in [1.807, 2.05) is 12.1 Å². The number of hydrogen-bond acceptors (Lipinski definition) is 5. The Morgan fingerprint density at radius 1 is 1.35 bits per heavy atom. The first-order valence-corrected chi connectivity index (χ1v) is 5.73. The molecule has 0 bridgehead atoms. The molecule has 0 radical (unpaired) electrons. The Balaban J connectivity index is 1.93. The second kappa shape index (κ2) is 3.92. The van der Waals surface area contributed by atoms with Crippen LogP contribution in [0.25, 0.3) is 11.4 Å². The lowest BCUT2D eigenvalue weighted by Crippen LogP contribution is -2.25. The highest BCUT2D eigenvalue weighted by molar-refractivity contribution is 5.52. The molecule has 5 heteroatoms. The maximum atomic E-state index is 5.38. The topological polar surface area (TPSA) is 63.8 Å². The Labute approximate surface area is 99.3 Å². The second-order valence-electron chi connectivity index (χ2n) is 4.65. The van der Waals surface area contributed by atoms with E-state index in [4.69, 9.17) is 4.52 Å². The monoisotopic (exact) mass is 230 g/mol. The predicted octanol–water partition coefficient (Wildman–Crippen LogP) is 1.38. The van der Waals surface area contributed by atoms with E-state index in [0.717, 1.165) is 25.1 Å². The van der Waals surface area contributed by atoms with Gasteiger partial charge >= 0.3 is 0 Å². The molecule has 5 nitrogen and oxygen atoms in total. The number of hydrogen-bond donors (Lipinski definition) is 1. The third-order valence-corrected chi connectivity index (χ3v) is 3.25. The first-order chi connectivity index (χ1) is 8.28. The van der Waals surface area contributed by atoms with Gasteiger partial charge in [-0.25, -0.2) is 0 Å². The molecule has 0 amide bonds. The number of pyridine rings is 1. The molecule has 17 heavy (non-hydrogen) atoms. The zero-order valence-electron chi connectivity index (χ0n) is 9.68. The van der Waals surface area contributed by atoms with Crippen LogP contribution < -0.4 is 5.32 Å². The van der Waals surface area contributed by atoms with Crippen molar-refractivity contribution in [1.29, 1.82) is 0 Å². The van der Waals surface area contributed by atoms with Crippen LogP contribution in [0.15, 0.2) is 29.0 Å². The van der Waals surface area contributed by atoms with Crippen molar-refractivity contribution in [1.82, 2.24) is 20.4 Å². The van der Waals surface area contributed by atoms with Crippen LogP contribution in [-0.4, -0.2) is 28.2 Å². The molecule has 1 unspecified atom stereocenters. The lowest BCUT2D eigenvalue weighted by Gasteiger charge is -2.15. The lowest BCUT2D eigenvalue weighted by atomic mass is 9.90. The maximum absolute atomic E-state index is 5.38. The van der Waals surface area contributed by atoms with E-state index in [-0.39, 0.29) is 5.41 Å². The van der Waals surface area contributed by atoms with Crippen molar-refractivity contribution in [2.45, 2.75) is 18.8 Å². The minimum Gasteiger partial charge on any atom is -0.338 e. The maximum Gasteiger partial charge on any atom is 0.234 e. The van der Waals surface area contributed by atoms with Crippen LogP contribution in [-0.2, 0) is 5.41 Å². The van der Waals surface area contributed by atoms with Crippen molar-refractivity contribution in [2.24, 2.45) is 0 Å². The summed E-state index contributed by atoms with van der Waals surface area (Å²) in [6, 6.07) is 3.76. The quantitative estimate of drug-likeness (QED) is 0.844. The van der Waals surface area contributed by atoms with Crippen LogP contribution in [0.1, 0.15) is 19.2 Å². The zero-order valence-corrected chi connectivity index (χ0v) is 9.68. The van der Waals surface area contributed by atoms with Gasteiger partial charge in [-0.05, 0) is 32.0 Å². The van der Waals surface area contributed by atoms with Crippen LogP contribution in [0.2, 0.25) is 0 Å². The largest absolute Gasteiger partial charge is 0.338 e. The molecule has 0 aromatic carbocycles. The van der Waals surface area contributed by atoms with Gasteiger partial charge in [-0.3, -0.25) is 4.98 Å². The molecule has 2 aromatic heterocycles. The summed E-state index contributed by atoms with van der Waals surface area (Å²) in [6.07, 6.45) is 4.49. The van der Waals surface area contributed by atoms with Crippen molar-refractivity contribution in [3.8, 4) is 11.4 Å². The van der Waals surface area contributed by atoms with Gasteiger partial charge in [0.15, 0.2) is 0 Å². The van der Waals surface area contributed by atoms with Crippen LogP contribution in [0.4, 0.5) is 0 Å². The van der Waals surface area contributed by atoms with E-state index in [1.54, 1.807) is 12.4 Å². The van der Waals surface area contributed by atoms with Gasteiger partial charge in [0, 0.05) is 24.5 Å². The van der Waals surface area contributed by atoms with Crippen molar-refractivity contribution in [2.75, 3.05) is 13.1 Å². The Morgan fingerprint density at radius 2 is 2.18 bits per heavy atom. The van der Waals surface area contributed by atoms with Crippen LogP contribution in [0.5, 0.6) is 0 Å². The molecule has 3 rings (SSSR count). The van der Waals surface area contributed by atoms with Gasteiger partial charge in [0.05, 0.1) is 5.41 Å². The highest BCUT2D eigenvalue weighted by Crippen LogP contribution is 2.29. The summed E-state index contributed by atoms with van der Waals surface area (Å²) in [5.74, 6) is 1.35. The second-order valence-corrected chi connectivity index (χ2v) is 4.65. The molecule has 1 atom stereocenters. The van der Waals surface area contributed by atoms with Gasteiger partial charge in [-0.2, -0.15) is 4.98 Å². The van der Waals surface area contributed by atoms with Crippen LogP contribution in [0, 0.1) is 0 Å². The standard InChI is InChI=1S/C12H14N4O/c1-12(4-7-14-8-12)11-15-10(16-17-11)9-2-5-13-6-3-9/h2-3,5-6,14H,4,7-8H2,1H3. The van der Waals surface area contributed by atoms with Gasteiger partial charge in [0.2, 0.25) is 11.7 Å². The molecule has 1 fully saturated rings. The summed E-state index contributed by atoms with van der Waals surface area (Å²) in [7, 11) is 0. The number of aromatic nitrogens is 3. The fraction of sp³-hybridized carbons (Fsp3) is 0.417. The van der Waals surface area contributed by atoms with Crippen molar-refractivity contribution in [3.63, 3.8) is 0 Å². The Hall–Kier alpha value is -1.75. The lowest BCUT2D eigenvalue weighted by molar-refractivity contribution is 0.306. The molecule has 1 saturated heterocycles. The third-order valence-electron chi connectivity index (χ3n) is 3.25. The molecule has 88 valence electrons. The van der Waals surface area contributed by atoms with Crippen molar-refractivity contribution >= 4 is 0 Å². The Morgan fingerprint density at radius 3 is 2.88 bits per heavy atom. The summed E-state index contributed by atoms with van der Waals surface area (Å²) in [5, 5.41) is 7.36. The van der Waals surface area contributed by atoms with E-state index in [1.165, 1.54) is 0 Å². The summed E-state index contributed by atoms with van der Waals surface area (Å²) in [6.45, 7) is 4.05. The average Bonchev–Trinajstić information content (AvgIpc) is 2.99. The van der Waals surface area contributed by atoms with Crippen LogP contribution >= 0.6 is 0 Å². The van der Waals surface area contributed by atoms with Gasteiger partial charge in [-0.15, -0.1) is 0 Å². The van der Waals surface area contributed by atoms with Crippen molar-refractivity contribution in [3.05, 3.63) is 30.4 Å². The summed E-state index contributed by atoms with van der Waals surface area (Å²) in [4.78, 5) is 8.46. The smallest absolute Gasteiger partial charge is 0.234 e. The van der Waals surface area contributed by atoms with E-state index in [9.17, 15) is 0 Å². The van der Waals surface area contributed by atoms with Crippen LogP contribution in [0.3, 0.4) is 0 Å². The van der Waals surface area contributed by atoms with E-state index < -0.39 is 0 Å². The molecular weight excluding hydrogens is 216 g/mol. The van der Waals surface area contributed by atoms with Gasteiger partial charge < -0.3 is 9.84 Å². The third kappa shape index (κ3) is 1.82. The number of nitrogens with zero attached hydrogens (tertiary/aromatic N) is 3. The predicted molar refractivity (Wildman–Crippen MR) is 62.4 cm³/mol. The highest BCUT2D eigenvalue weighted by Gasteiger charge is 2.36. The van der Waals surface area contributed by atoms with E-state index in [0.29, 0.717) is 11.7 Å². The summed E-state index contributed by atoms with van der Waals surface area (Å²) < 4.78 is 5.38. The SMILES string of the molecule is CC1(c2nc(-c3ccncc3)no2)CCNC1. The Kier molecular flexibility index (Phi) is 2.40. The first-order valence-electron chi connectivity index (χ1n) is 5.73. The molecule has 3 heterocycles. The zero-order chi connectivity index (χ0) is 11.7. The van der Waals surface area contributed by atoms with Gasteiger partial charge in [0.1, 0.15) is 0 Å². The first kappa shape index (κ1) is 10.4. The fourth-order valence-corrected chi connectivity index (χ4v) is 2.09. The van der Waals surface area contributed by atoms with E-state index in [2.05, 4.69) is 27.4 Å². The summed E-state index contributed by atoms with van der Waals surface area (Å²) >= 11 is 0. The molecule has 0 spiro atoms. The molecule has 1 aliphatic rings. The van der Waals surface area contributed by atoms with Gasteiger partial charge in [0.25, 0.3) is 0 Å². The molecule has 0 aliphatic carbocycles. The molecule has 0 saturated carbocycles. The normalized spacial score (nSPS) is 24.1. The van der Waals surface area contributed by atoms with E-state index >= 15 is 0 Å². The number of nitrogens with one attached hydrogen (secondary N) is 1. The summed E-state index contributed by atoms with van der Waals surface area (Å²) in [5.41, 5.74) is 0.905. The average molecular weight is 230 g/mol. The molecule has 1 N–H and O–H groups in total. The Bertz CT molecular complexity index is 502. The van der Waals surface area contributed by atoms with Crippen molar-refractivity contribution < 1.29 is 4.52 Å². The highest BCUT2D eigenvalue weighted by atomic mass is 16.5. The minimum atomic E-state index is -0.0295.